The Kier molecular flexibility index (Phi) is 14.9. The van der Waals surface area contributed by atoms with Crippen molar-refractivity contribution in [3.63, 3.8) is 0 Å². The number of halogens is 1. The molecule has 2 aromatic carbocycles. The highest BCUT2D eigenvalue weighted by atomic mass is 79.9. The summed E-state index contributed by atoms with van der Waals surface area (Å²) in [4.78, 5) is 14.7. The third-order valence-electron chi connectivity index (χ3n) is 5.66. The maximum Gasteiger partial charge on any atom is 0.306 e. The van der Waals surface area contributed by atoms with Gasteiger partial charge in [0.15, 0.2) is 0 Å². The van der Waals surface area contributed by atoms with Gasteiger partial charge in [0, 0.05) is 29.7 Å². The molecule has 0 saturated carbocycles. The molecule has 0 unspecified atom stereocenters. The molecule has 1 aliphatic rings. The van der Waals surface area contributed by atoms with Crippen LogP contribution in [0.2, 0.25) is 0 Å². The molecule has 1 fully saturated rings. The number of benzene rings is 2. The predicted octanol–water partition coefficient (Wildman–Crippen LogP) is 5.17. The number of carbonyl (C=O) groups is 1. The lowest BCUT2D eigenvalue weighted by Gasteiger charge is -2.33. The van der Waals surface area contributed by atoms with E-state index >= 15 is 0 Å². The van der Waals surface area contributed by atoms with Crippen LogP contribution < -0.4 is 14.3 Å². The van der Waals surface area contributed by atoms with Crippen molar-refractivity contribution in [2.75, 3.05) is 32.1 Å². The first-order valence-electron chi connectivity index (χ1n) is 11.9. The Bertz CT molecular complexity index is 1240. The Balaban J connectivity index is 0.000000875. The number of ether oxygens (including phenoxy) is 1. The van der Waals surface area contributed by atoms with Crippen LogP contribution in [0.1, 0.15) is 54.9 Å². The minimum atomic E-state index is -3.40. The molecule has 9 nitrogen and oxygen atoms in total. The lowest BCUT2D eigenvalue weighted by atomic mass is 9.93. The average Bonchev–Trinajstić information content (AvgIpc) is 2.84. The first-order chi connectivity index (χ1) is 17.2. The van der Waals surface area contributed by atoms with E-state index in [4.69, 9.17) is 4.74 Å². The van der Waals surface area contributed by atoms with E-state index in [1.807, 2.05) is 32.9 Å². The van der Waals surface area contributed by atoms with E-state index in [-0.39, 0.29) is 30.6 Å². The number of carbonyl (C=O) groups excluding carboxylic acids is 1. The van der Waals surface area contributed by atoms with Crippen molar-refractivity contribution in [2.45, 2.75) is 70.3 Å². The Morgan fingerprint density at radius 2 is 1.28 bits per heavy atom. The molecule has 0 bridgehead atoms. The minimum Gasteiger partial charge on any atom is -0.460 e. The van der Waals surface area contributed by atoms with Crippen molar-refractivity contribution < 1.29 is 26.4 Å². The van der Waals surface area contributed by atoms with Crippen LogP contribution in [0.5, 0.6) is 0 Å². The summed E-state index contributed by atoms with van der Waals surface area (Å²) in [5, 5.41) is 0. The maximum absolute atomic E-state index is 11.9. The van der Waals surface area contributed by atoms with Crippen LogP contribution in [0, 0.1) is 5.92 Å². The second-order valence-electron chi connectivity index (χ2n) is 9.58. The van der Waals surface area contributed by atoms with Crippen molar-refractivity contribution in [1.82, 2.24) is 9.44 Å². The van der Waals surface area contributed by atoms with Gasteiger partial charge >= 0.3 is 5.97 Å². The van der Waals surface area contributed by atoms with Gasteiger partial charge in [-0.05, 0) is 102 Å². The van der Waals surface area contributed by atoms with Crippen LogP contribution in [0.3, 0.4) is 0 Å². The topological polar surface area (TPSA) is 122 Å². The number of sulfonamides is 2. The maximum atomic E-state index is 11.9. The zero-order chi connectivity index (χ0) is 27.9. The van der Waals surface area contributed by atoms with Crippen LogP contribution in [0.4, 0.5) is 5.69 Å². The van der Waals surface area contributed by atoms with Gasteiger partial charge in [0.1, 0.15) is 5.60 Å². The second-order valence-corrected chi connectivity index (χ2v) is 14.3. The molecule has 0 radical (unpaired) electrons. The number of rotatable bonds is 7. The van der Waals surface area contributed by atoms with Gasteiger partial charge in [-0.25, -0.2) is 26.3 Å². The van der Waals surface area contributed by atoms with Gasteiger partial charge in [0.05, 0.1) is 9.79 Å². The average molecular weight is 651 g/mol. The molecule has 0 spiro atoms. The van der Waals surface area contributed by atoms with Crippen molar-refractivity contribution in [3.05, 3.63) is 53.0 Å². The van der Waals surface area contributed by atoms with Crippen molar-refractivity contribution >= 4 is 47.6 Å². The number of nitrogens with zero attached hydrogens (tertiary/aromatic N) is 1. The largest absolute Gasteiger partial charge is 0.460 e. The minimum absolute atomic E-state index is 0. The lowest BCUT2D eigenvalue weighted by Crippen LogP contribution is -2.35. The highest BCUT2D eigenvalue weighted by Gasteiger charge is 2.25. The summed E-state index contributed by atoms with van der Waals surface area (Å²) in [6, 6.07) is 13.3. The van der Waals surface area contributed by atoms with E-state index in [9.17, 15) is 21.6 Å². The summed E-state index contributed by atoms with van der Waals surface area (Å²) in [6.07, 6.45) is 2.32. The number of piperidine rings is 1. The molecule has 0 aromatic heterocycles. The van der Waals surface area contributed by atoms with Crippen molar-refractivity contribution in [2.24, 2.45) is 5.92 Å². The summed E-state index contributed by atoms with van der Waals surface area (Å²) in [7, 11) is -3.90. The van der Waals surface area contributed by atoms with Crippen LogP contribution >= 0.6 is 15.9 Å². The van der Waals surface area contributed by atoms with Crippen LogP contribution in [0.15, 0.2) is 62.8 Å². The molecule has 0 amide bonds. The van der Waals surface area contributed by atoms with Crippen molar-refractivity contribution in [1.29, 1.82) is 0 Å². The van der Waals surface area contributed by atoms with Gasteiger partial charge in [0.25, 0.3) is 0 Å². The Labute approximate surface area is 243 Å². The quantitative estimate of drug-likeness (QED) is 0.397. The van der Waals surface area contributed by atoms with Gasteiger partial charge in [-0.2, -0.15) is 0 Å². The summed E-state index contributed by atoms with van der Waals surface area (Å²) in [5.74, 6) is 0.211. The fraction of sp³-hybridized carbons (Fsp3) is 0.519. The lowest BCUT2D eigenvalue weighted by molar-refractivity contribution is -0.156. The van der Waals surface area contributed by atoms with E-state index in [1.165, 1.54) is 26.2 Å². The smallest absolute Gasteiger partial charge is 0.306 e. The first-order valence-corrected chi connectivity index (χ1v) is 15.6. The highest BCUT2D eigenvalue weighted by molar-refractivity contribution is 9.10. The number of esters is 1. The summed E-state index contributed by atoms with van der Waals surface area (Å²) >= 11 is 3.22. The molecule has 222 valence electrons. The third-order valence-corrected chi connectivity index (χ3v) is 9.05. The van der Waals surface area contributed by atoms with E-state index < -0.39 is 25.6 Å². The molecule has 2 N–H and O–H groups in total. The van der Waals surface area contributed by atoms with Gasteiger partial charge in [0.2, 0.25) is 20.0 Å². The fourth-order valence-electron chi connectivity index (χ4n) is 3.70. The third kappa shape index (κ3) is 12.0. The number of hydrogen-bond donors (Lipinski definition) is 2. The van der Waals surface area contributed by atoms with E-state index in [0.717, 1.165) is 36.1 Å². The SMILES string of the molecule is C.C.CNS(=O)(=O)c1ccc(Br)cc1.CNS(=O)(=O)c1ccc(N2CCC(CC(=O)OC(C)(C)C)CC2)cc1. The van der Waals surface area contributed by atoms with Crippen LogP contribution in [-0.2, 0) is 29.6 Å². The Morgan fingerprint density at radius 1 is 0.872 bits per heavy atom. The molecular weight excluding hydrogens is 606 g/mol. The molecule has 2 aromatic rings. The van der Waals surface area contributed by atoms with E-state index in [1.54, 1.807) is 24.3 Å². The van der Waals surface area contributed by atoms with E-state index in [0.29, 0.717) is 12.3 Å². The highest BCUT2D eigenvalue weighted by Crippen LogP contribution is 2.27. The van der Waals surface area contributed by atoms with Gasteiger partial charge in [-0.1, -0.05) is 30.8 Å². The molecule has 0 aliphatic carbocycles. The first kappa shape index (κ1) is 37.0. The molecule has 1 heterocycles. The zero-order valence-corrected chi connectivity index (χ0v) is 25.0. The van der Waals surface area contributed by atoms with Gasteiger partial charge in [-0.15, -0.1) is 0 Å². The molecule has 1 aliphatic heterocycles. The van der Waals surface area contributed by atoms with Crippen molar-refractivity contribution in [3.8, 4) is 0 Å². The summed E-state index contributed by atoms with van der Waals surface area (Å²) < 4.78 is 56.7. The Morgan fingerprint density at radius 3 is 1.67 bits per heavy atom. The predicted molar refractivity (Wildman–Crippen MR) is 162 cm³/mol. The molecular formula is C27H44BrN3O6S2. The molecule has 0 atom stereocenters. The van der Waals surface area contributed by atoms with Crippen LogP contribution in [-0.4, -0.2) is 55.6 Å². The summed E-state index contributed by atoms with van der Waals surface area (Å²) in [5.41, 5.74) is 0.568. The normalized spacial score (nSPS) is 14.3. The van der Waals surface area contributed by atoms with Gasteiger partial charge < -0.3 is 9.64 Å². The number of nitrogens with one attached hydrogen (secondary N) is 2. The number of anilines is 1. The standard InChI is InChI=1S/C18H28N2O4S.C7H8BrNO2S.2CH4/c1-18(2,3)24-17(21)13-14-9-11-20(12-10-14)15-5-7-16(8-6-15)25(22,23)19-4;1-9-12(10,11)7-4-2-6(8)3-5-7;;/h5-8,14,19H,9-13H2,1-4H3;2-5,9H,1H3;2*1H4. The molecule has 39 heavy (non-hydrogen) atoms. The monoisotopic (exact) mass is 649 g/mol. The van der Waals surface area contributed by atoms with Gasteiger partial charge in [-0.3, -0.25) is 4.79 Å². The van der Waals surface area contributed by atoms with E-state index in [2.05, 4.69) is 30.3 Å². The molecule has 12 heteroatoms. The summed E-state index contributed by atoms with van der Waals surface area (Å²) in [6.45, 7) is 7.35. The van der Waals surface area contributed by atoms with Crippen LogP contribution in [0.25, 0.3) is 0 Å². The Hall–Kier alpha value is -1.99. The zero-order valence-electron chi connectivity index (χ0n) is 21.8. The fourth-order valence-corrected chi connectivity index (χ4v) is 5.42. The number of hydrogen-bond acceptors (Lipinski definition) is 7. The molecule has 3 rings (SSSR count). The molecule has 1 saturated heterocycles. The second kappa shape index (κ2) is 15.7.